The van der Waals surface area contributed by atoms with E-state index >= 15 is 4.39 Å². The van der Waals surface area contributed by atoms with Crippen molar-refractivity contribution in [3.63, 3.8) is 0 Å². The van der Waals surface area contributed by atoms with Crippen molar-refractivity contribution >= 4 is 57.0 Å². The summed E-state index contributed by atoms with van der Waals surface area (Å²) < 4.78 is 50.2. The molecule has 0 amide bonds. The molecule has 9 heterocycles. The number of fused-ring (bicyclic) bond motifs is 3. The third-order valence-electron chi connectivity index (χ3n) is 18.1. The lowest BCUT2D eigenvalue weighted by Crippen LogP contribution is -2.65. The van der Waals surface area contributed by atoms with E-state index in [1.54, 1.807) is 0 Å². The van der Waals surface area contributed by atoms with Crippen LogP contribution in [0.3, 0.4) is 0 Å². The summed E-state index contributed by atoms with van der Waals surface area (Å²) in [5, 5.41) is 52.0. The van der Waals surface area contributed by atoms with Gasteiger partial charge < -0.3 is 60.5 Å². The van der Waals surface area contributed by atoms with Crippen molar-refractivity contribution < 1.29 is 28.1 Å². The van der Waals surface area contributed by atoms with Crippen LogP contribution in [0.1, 0.15) is 114 Å². The number of hydrogen-bond donors (Lipinski definition) is 14. The molecule has 9 aliphatic rings. The molecule has 86 heavy (non-hydrogen) atoms. The van der Waals surface area contributed by atoms with Gasteiger partial charge in [-0.15, -0.1) is 0 Å². The number of halogens is 3. The first kappa shape index (κ1) is 61.5. The quantitative estimate of drug-likeness (QED) is 0.0732. The van der Waals surface area contributed by atoms with E-state index in [4.69, 9.17) is 46.9 Å². The van der Waals surface area contributed by atoms with Crippen LogP contribution in [0.25, 0.3) is 16.7 Å². The topological polar surface area (TPSA) is 218 Å². The maximum Gasteiger partial charge on any atom is 0.170 e. The predicted octanol–water partition coefficient (Wildman–Crippen LogP) is 6.55. The minimum absolute atomic E-state index is 0.0808. The van der Waals surface area contributed by atoms with E-state index in [1.807, 2.05) is 25.2 Å². The number of ether oxygens (including phenoxy) is 5. The van der Waals surface area contributed by atoms with Crippen LogP contribution >= 0.6 is 23.2 Å². The summed E-state index contributed by atoms with van der Waals surface area (Å²) in [4.78, 5) is 2.32. The lowest BCUT2D eigenvalue weighted by Gasteiger charge is -2.39. The SMILES string of the molecule is CNC1CC(C)NC(Nc2cc3c(c(C4=CCNCCC4)c2Cl)OCC(CNC2CC(C)NC(Nc4cc5c(c(C6=CCN(C)CCC6)c4Cl)OCC(CNC4CC(C)NC(Nc6cc7c(c(C8=CCN[C@H](C)CC8)c6F)OCCC7)N4)O5)N2)O3)N1. The smallest absolute Gasteiger partial charge is 0.170 e. The van der Waals surface area contributed by atoms with Crippen LogP contribution in [0.4, 0.5) is 21.5 Å². The molecule has 20 nitrogen and oxygen atoms in total. The van der Waals surface area contributed by atoms with Crippen LogP contribution in [0.15, 0.2) is 36.4 Å². The molecule has 0 radical (unpaired) electrons. The van der Waals surface area contributed by atoms with Gasteiger partial charge in [0.05, 0.1) is 57.8 Å². The lowest BCUT2D eigenvalue weighted by molar-refractivity contribution is 0.0831. The van der Waals surface area contributed by atoms with Crippen molar-refractivity contribution in [2.24, 2.45) is 0 Å². The summed E-state index contributed by atoms with van der Waals surface area (Å²) in [7, 11) is 4.12. The second kappa shape index (κ2) is 28.0. The molecule has 0 bridgehead atoms. The first-order valence-corrected chi connectivity index (χ1v) is 32.6. The standard InChI is InChI=1S/C63H92Cl2FN15O5/c1-34-13-14-40(16-20-69-34)54-57(66)46(27-41-12-9-23-82-58(41)54)77-63-74-37(4)26-51(80-63)71-31-43-33-84-60-48(86-43)29-45(56(65)53(60)39-11-8-21-81(6)22-17-39)76-62-73-36(3)25-50(79-62)70-30-42-32-83-59-47(85-42)28-44(75-61-72-35(2)24-49(67-5)78-61)55(64)52(59)38-10-7-18-68-19-15-38/h15-17,27-29,34-37,42-43,49-51,61-63,67-80H,7-14,18-26,30-33H2,1-6H3/t34-,35?,36?,37?,42?,43?,49?,50?,51?,61?,62?,63?/m1/s1. The molecule has 12 rings (SSSR count). The Bertz CT molecular complexity index is 2990. The molecule has 0 aliphatic carbocycles. The van der Waals surface area contributed by atoms with Crippen molar-refractivity contribution in [1.82, 2.24) is 63.4 Å². The highest BCUT2D eigenvalue weighted by molar-refractivity contribution is 6.36. The van der Waals surface area contributed by atoms with E-state index in [-0.39, 0.29) is 67.2 Å². The molecule has 0 saturated carbocycles. The Labute approximate surface area is 517 Å². The van der Waals surface area contributed by atoms with Gasteiger partial charge in [0.1, 0.15) is 50.0 Å². The van der Waals surface area contributed by atoms with Crippen LogP contribution in [-0.2, 0) is 6.42 Å². The zero-order valence-corrected chi connectivity index (χ0v) is 52.4. The third kappa shape index (κ3) is 14.5. The van der Waals surface area contributed by atoms with Gasteiger partial charge in [-0.1, -0.05) is 41.4 Å². The summed E-state index contributed by atoms with van der Waals surface area (Å²) in [5.74, 6) is 3.08. The second-order valence-electron chi connectivity index (χ2n) is 25.2. The third-order valence-corrected chi connectivity index (χ3v) is 18.9. The zero-order chi connectivity index (χ0) is 59.4. The van der Waals surface area contributed by atoms with Crippen molar-refractivity contribution in [2.45, 2.75) is 172 Å². The number of rotatable bonds is 16. The van der Waals surface area contributed by atoms with E-state index in [9.17, 15) is 0 Å². The Morgan fingerprint density at radius 2 is 1.15 bits per heavy atom. The molecule has 11 unspecified atom stereocenters. The molecule has 14 N–H and O–H groups in total. The average molecular weight is 1230 g/mol. The number of likely N-dealkylation sites (N-methyl/N-ethyl adjacent to an activating group) is 1. The van der Waals surface area contributed by atoms with Crippen molar-refractivity contribution in [3.05, 3.63) is 74.5 Å². The fourth-order valence-corrected chi connectivity index (χ4v) is 14.2. The molecule has 0 aromatic heterocycles. The molecule has 3 aromatic carbocycles. The van der Waals surface area contributed by atoms with Crippen LogP contribution in [0, 0.1) is 5.82 Å². The van der Waals surface area contributed by atoms with Gasteiger partial charge in [0, 0.05) is 80.2 Å². The average Bonchev–Trinajstić information content (AvgIpc) is 1.17. The Morgan fingerprint density at radius 1 is 0.593 bits per heavy atom. The van der Waals surface area contributed by atoms with E-state index in [0.29, 0.717) is 95.5 Å². The summed E-state index contributed by atoms with van der Waals surface area (Å²) in [6, 6.07) is 6.83. The first-order valence-electron chi connectivity index (χ1n) is 31.8. The second-order valence-corrected chi connectivity index (χ2v) is 25.9. The number of nitrogens with one attached hydrogen (secondary N) is 14. The van der Waals surface area contributed by atoms with Gasteiger partial charge in [0.25, 0.3) is 0 Å². The summed E-state index contributed by atoms with van der Waals surface area (Å²) in [6.07, 6.45) is 14.8. The van der Waals surface area contributed by atoms with Gasteiger partial charge in [-0.2, -0.15) is 0 Å². The fraction of sp³-hybridized carbons (Fsp3) is 0.619. The molecule has 3 fully saturated rings. The molecule has 12 atom stereocenters. The van der Waals surface area contributed by atoms with Gasteiger partial charge >= 0.3 is 0 Å². The molecule has 470 valence electrons. The largest absolute Gasteiger partial charge is 0.493 e. The number of nitrogens with zero attached hydrogens (tertiary/aromatic N) is 1. The highest BCUT2D eigenvalue weighted by Gasteiger charge is 2.36. The summed E-state index contributed by atoms with van der Waals surface area (Å²) >= 11 is 14.9. The molecule has 3 aromatic rings. The number of anilines is 3. The van der Waals surface area contributed by atoms with Crippen LogP contribution in [-0.4, -0.2) is 158 Å². The molecular weight excluding hydrogens is 1140 g/mol. The van der Waals surface area contributed by atoms with Crippen molar-refractivity contribution in [2.75, 3.05) is 95.7 Å². The van der Waals surface area contributed by atoms with E-state index in [0.717, 1.165) is 142 Å². The molecule has 23 heteroatoms. The maximum atomic E-state index is 16.9. The Kier molecular flexibility index (Phi) is 20.0. The lowest BCUT2D eigenvalue weighted by atomic mass is 9.93. The number of benzene rings is 3. The first-order chi connectivity index (χ1) is 41.8. The maximum absolute atomic E-state index is 16.9. The van der Waals surface area contributed by atoms with Crippen LogP contribution in [0.2, 0.25) is 10.0 Å². The van der Waals surface area contributed by atoms with Gasteiger partial charge in [0.2, 0.25) is 0 Å². The van der Waals surface area contributed by atoms with E-state index in [2.05, 4.69) is 132 Å². The van der Waals surface area contributed by atoms with Gasteiger partial charge in [-0.3, -0.25) is 42.5 Å². The molecule has 0 spiro atoms. The Hall–Kier alpha value is -4.69. The van der Waals surface area contributed by atoms with Crippen LogP contribution in [0.5, 0.6) is 28.7 Å². The minimum atomic E-state index is -0.401. The zero-order valence-electron chi connectivity index (χ0n) is 50.9. The van der Waals surface area contributed by atoms with Gasteiger partial charge in [-0.25, -0.2) is 4.39 Å². The normalized spacial score (nSPS) is 30.7. The molecule has 9 aliphatic heterocycles. The van der Waals surface area contributed by atoms with Gasteiger partial charge in [0.15, 0.2) is 28.8 Å². The number of hydrogen-bond acceptors (Lipinski definition) is 20. The number of allylic oxidation sites excluding steroid dienone is 3. The Balaban J connectivity index is 0.716. The van der Waals surface area contributed by atoms with Crippen molar-refractivity contribution in [3.8, 4) is 28.7 Å². The minimum Gasteiger partial charge on any atom is -0.493 e. The highest BCUT2D eigenvalue weighted by Crippen LogP contribution is 2.50. The monoisotopic (exact) mass is 1230 g/mol. The van der Waals surface area contributed by atoms with Gasteiger partial charge in [-0.05, 0) is 154 Å². The van der Waals surface area contributed by atoms with Crippen LogP contribution < -0.4 is 98.1 Å². The molecule has 3 saturated heterocycles. The summed E-state index contributed by atoms with van der Waals surface area (Å²) in [6.45, 7) is 15.3. The number of aryl methyl sites for hydroxylation is 1. The highest BCUT2D eigenvalue weighted by atomic mass is 35.5. The molecular formula is C63H92Cl2FN15O5. The predicted molar refractivity (Wildman–Crippen MR) is 342 cm³/mol. The van der Waals surface area contributed by atoms with E-state index < -0.39 is 6.29 Å². The van der Waals surface area contributed by atoms with E-state index in [1.165, 1.54) is 0 Å². The Morgan fingerprint density at radius 3 is 1.78 bits per heavy atom. The summed E-state index contributed by atoms with van der Waals surface area (Å²) in [5.41, 5.74) is 8.67. The van der Waals surface area contributed by atoms with Crippen molar-refractivity contribution in [1.29, 1.82) is 0 Å². The fourth-order valence-electron chi connectivity index (χ4n) is 13.6.